The molecule has 0 saturated heterocycles. The second kappa shape index (κ2) is 6.92. The summed E-state index contributed by atoms with van der Waals surface area (Å²) in [4.78, 5) is 12.1. The van der Waals surface area contributed by atoms with Crippen LogP contribution in [0.1, 0.15) is 17.3 Å². The molecule has 1 aromatic rings. The van der Waals surface area contributed by atoms with Crippen molar-refractivity contribution in [3.63, 3.8) is 0 Å². The standard InChI is InChI=1S/C12H16F2N2O4S/c1-3-20-5-4-16(2)12(17)9-6-8(13)7-10(11(9)14)21(15,18)19/h6-7H,3-5H2,1-2H3,(H2,15,18,19). The highest BCUT2D eigenvalue weighted by Crippen LogP contribution is 2.20. The molecule has 1 amide bonds. The van der Waals surface area contributed by atoms with Crippen LogP contribution in [-0.4, -0.2) is 46.0 Å². The van der Waals surface area contributed by atoms with E-state index in [4.69, 9.17) is 9.88 Å². The number of ether oxygens (including phenoxy) is 1. The average molecular weight is 322 g/mol. The van der Waals surface area contributed by atoms with Gasteiger partial charge in [-0.3, -0.25) is 4.79 Å². The number of carbonyl (C=O) groups excluding carboxylic acids is 1. The molecular formula is C12H16F2N2O4S. The van der Waals surface area contributed by atoms with Gasteiger partial charge in [-0.05, 0) is 19.1 Å². The summed E-state index contributed by atoms with van der Waals surface area (Å²) in [5, 5.41) is 4.79. The smallest absolute Gasteiger partial charge is 0.256 e. The lowest BCUT2D eigenvalue weighted by Gasteiger charge is -2.18. The normalized spacial score (nSPS) is 11.5. The number of hydrogen-bond acceptors (Lipinski definition) is 4. The first-order chi connectivity index (χ1) is 9.68. The fourth-order valence-corrected chi connectivity index (χ4v) is 2.22. The first-order valence-corrected chi connectivity index (χ1v) is 7.58. The Balaban J connectivity index is 3.13. The SMILES string of the molecule is CCOCCN(C)C(=O)c1cc(F)cc(S(N)(=O)=O)c1F. The maximum absolute atomic E-state index is 14.0. The average Bonchev–Trinajstić information content (AvgIpc) is 2.39. The summed E-state index contributed by atoms with van der Waals surface area (Å²) < 4.78 is 54.8. The molecule has 0 saturated carbocycles. The molecule has 118 valence electrons. The van der Waals surface area contributed by atoms with E-state index >= 15 is 0 Å². The van der Waals surface area contributed by atoms with E-state index in [0.29, 0.717) is 18.7 Å². The van der Waals surface area contributed by atoms with E-state index in [1.165, 1.54) is 7.05 Å². The van der Waals surface area contributed by atoms with Gasteiger partial charge in [-0.25, -0.2) is 22.3 Å². The Morgan fingerprint density at radius 2 is 2.00 bits per heavy atom. The van der Waals surface area contributed by atoms with Crippen molar-refractivity contribution in [2.75, 3.05) is 26.8 Å². The van der Waals surface area contributed by atoms with Gasteiger partial charge in [-0.15, -0.1) is 0 Å². The summed E-state index contributed by atoms with van der Waals surface area (Å²) in [5.74, 6) is -3.30. The van der Waals surface area contributed by atoms with Gasteiger partial charge in [0.05, 0.1) is 12.2 Å². The van der Waals surface area contributed by atoms with Gasteiger partial charge in [-0.1, -0.05) is 0 Å². The number of carbonyl (C=O) groups is 1. The van der Waals surface area contributed by atoms with Crippen LogP contribution in [0.25, 0.3) is 0 Å². The molecule has 0 spiro atoms. The fourth-order valence-electron chi connectivity index (χ4n) is 1.58. The van der Waals surface area contributed by atoms with E-state index in [9.17, 15) is 22.0 Å². The molecule has 6 nitrogen and oxygen atoms in total. The molecule has 0 radical (unpaired) electrons. The Bertz CT molecular complexity index is 634. The summed E-state index contributed by atoms with van der Waals surface area (Å²) in [7, 11) is -3.11. The van der Waals surface area contributed by atoms with Crippen LogP contribution in [0.3, 0.4) is 0 Å². The Labute approximate surface area is 121 Å². The predicted octanol–water partition coefficient (Wildman–Crippen LogP) is 0.721. The van der Waals surface area contributed by atoms with Gasteiger partial charge in [0.1, 0.15) is 10.7 Å². The molecule has 2 N–H and O–H groups in total. The fraction of sp³-hybridized carbons (Fsp3) is 0.417. The van der Waals surface area contributed by atoms with E-state index in [-0.39, 0.29) is 13.2 Å². The summed E-state index contributed by atoms with van der Waals surface area (Å²) in [6.45, 7) is 2.59. The van der Waals surface area contributed by atoms with Crippen LogP contribution in [0.2, 0.25) is 0 Å². The zero-order valence-electron chi connectivity index (χ0n) is 11.6. The molecule has 0 aromatic heterocycles. The van der Waals surface area contributed by atoms with Crippen LogP contribution < -0.4 is 5.14 Å². The molecular weight excluding hydrogens is 306 g/mol. The minimum absolute atomic E-state index is 0.146. The number of rotatable bonds is 6. The van der Waals surface area contributed by atoms with Crippen LogP contribution in [0.15, 0.2) is 17.0 Å². The Morgan fingerprint density at radius 1 is 1.38 bits per heavy atom. The van der Waals surface area contributed by atoms with E-state index in [1.807, 2.05) is 0 Å². The van der Waals surface area contributed by atoms with Crippen molar-refractivity contribution in [1.29, 1.82) is 0 Å². The molecule has 1 aromatic carbocycles. The summed E-state index contributed by atoms with van der Waals surface area (Å²) in [6.07, 6.45) is 0. The largest absolute Gasteiger partial charge is 0.380 e. The molecule has 9 heteroatoms. The number of nitrogens with zero attached hydrogens (tertiary/aromatic N) is 1. The predicted molar refractivity (Wildman–Crippen MR) is 71.2 cm³/mol. The number of halogens is 2. The lowest BCUT2D eigenvalue weighted by molar-refractivity contribution is 0.0704. The lowest BCUT2D eigenvalue weighted by atomic mass is 10.2. The quantitative estimate of drug-likeness (QED) is 0.782. The van der Waals surface area contributed by atoms with Gasteiger partial charge in [-0.2, -0.15) is 0 Å². The first-order valence-electron chi connectivity index (χ1n) is 6.03. The van der Waals surface area contributed by atoms with Crippen LogP contribution in [0.4, 0.5) is 8.78 Å². The summed E-state index contributed by atoms with van der Waals surface area (Å²) in [5.41, 5.74) is -0.696. The molecule has 0 unspecified atom stereocenters. The second-order valence-corrected chi connectivity index (χ2v) is 5.76. The number of benzene rings is 1. The first kappa shape index (κ1) is 17.5. The molecule has 0 heterocycles. The van der Waals surface area contributed by atoms with Crippen LogP contribution >= 0.6 is 0 Å². The maximum Gasteiger partial charge on any atom is 0.256 e. The van der Waals surface area contributed by atoms with Crippen molar-refractivity contribution >= 4 is 15.9 Å². The molecule has 1 rings (SSSR count). The lowest BCUT2D eigenvalue weighted by Crippen LogP contribution is -2.31. The highest BCUT2D eigenvalue weighted by molar-refractivity contribution is 7.89. The zero-order chi connectivity index (χ0) is 16.2. The van der Waals surface area contributed by atoms with Crippen molar-refractivity contribution in [1.82, 2.24) is 4.90 Å². The van der Waals surface area contributed by atoms with Gasteiger partial charge >= 0.3 is 0 Å². The van der Waals surface area contributed by atoms with Crippen molar-refractivity contribution in [2.45, 2.75) is 11.8 Å². The Kier molecular flexibility index (Phi) is 5.76. The zero-order valence-corrected chi connectivity index (χ0v) is 12.4. The van der Waals surface area contributed by atoms with Gasteiger partial charge in [0.2, 0.25) is 10.0 Å². The molecule has 0 atom stereocenters. The second-order valence-electron chi connectivity index (χ2n) is 4.23. The van der Waals surface area contributed by atoms with Crippen LogP contribution in [0, 0.1) is 11.6 Å². The Hall–Kier alpha value is -1.58. The van der Waals surface area contributed by atoms with Gasteiger partial charge in [0, 0.05) is 20.2 Å². The van der Waals surface area contributed by atoms with Crippen molar-refractivity contribution in [2.24, 2.45) is 5.14 Å². The molecule has 0 bridgehead atoms. The minimum atomic E-state index is -4.47. The highest BCUT2D eigenvalue weighted by atomic mass is 32.2. The maximum atomic E-state index is 14.0. The number of amides is 1. The number of likely N-dealkylation sites (N-methyl/N-ethyl adjacent to an activating group) is 1. The summed E-state index contributed by atoms with van der Waals surface area (Å²) in [6, 6.07) is 1.06. The third-order valence-electron chi connectivity index (χ3n) is 2.66. The van der Waals surface area contributed by atoms with E-state index in [0.717, 1.165) is 4.90 Å². The third kappa shape index (κ3) is 4.45. The van der Waals surface area contributed by atoms with Gasteiger partial charge in [0.15, 0.2) is 5.82 Å². The third-order valence-corrected chi connectivity index (χ3v) is 3.57. The Morgan fingerprint density at radius 3 is 2.52 bits per heavy atom. The number of nitrogens with two attached hydrogens (primary N) is 1. The van der Waals surface area contributed by atoms with Crippen molar-refractivity contribution < 1.29 is 26.7 Å². The van der Waals surface area contributed by atoms with E-state index in [1.54, 1.807) is 6.92 Å². The minimum Gasteiger partial charge on any atom is -0.380 e. The van der Waals surface area contributed by atoms with E-state index in [2.05, 4.69) is 0 Å². The number of hydrogen-bond donors (Lipinski definition) is 1. The van der Waals surface area contributed by atoms with Gasteiger partial charge in [0.25, 0.3) is 5.91 Å². The molecule has 0 fully saturated rings. The van der Waals surface area contributed by atoms with Crippen LogP contribution in [-0.2, 0) is 14.8 Å². The van der Waals surface area contributed by atoms with Crippen molar-refractivity contribution in [3.8, 4) is 0 Å². The van der Waals surface area contributed by atoms with Crippen molar-refractivity contribution in [3.05, 3.63) is 29.3 Å². The topological polar surface area (TPSA) is 89.7 Å². The number of sulfonamides is 1. The number of primary sulfonamides is 1. The van der Waals surface area contributed by atoms with Gasteiger partial charge < -0.3 is 9.64 Å². The van der Waals surface area contributed by atoms with E-state index < -0.39 is 38.0 Å². The van der Waals surface area contributed by atoms with Crippen LogP contribution in [0.5, 0.6) is 0 Å². The summed E-state index contributed by atoms with van der Waals surface area (Å²) >= 11 is 0. The molecule has 0 aliphatic heterocycles. The molecule has 21 heavy (non-hydrogen) atoms. The highest BCUT2D eigenvalue weighted by Gasteiger charge is 2.24. The molecule has 0 aliphatic carbocycles. The monoisotopic (exact) mass is 322 g/mol. The molecule has 0 aliphatic rings.